The minimum absolute atomic E-state index is 1.19. The fourth-order valence-electron chi connectivity index (χ4n) is 0.422. The van der Waals surface area contributed by atoms with Crippen LogP contribution in [0.3, 0.4) is 0 Å². The van der Waals surface area contributed by atoms with Crippen molar-refractivity contribution in [3.8, 4) is 0 Å². The zero-order valence-corrected chi connectivity index (χ0v) is 7.51. The van der Waals surface area contributed by atoms with Crippen LogP contribution in [-0.2, 0) is 14.0 Å². The average molecular weight is 168 g/mol. The maximum atomic E-state index is 11.0. The van der Waals surface area contributed by atoms with Crippen LogP contribution in [0.2, 0.25) is 0 Å². The molecule has 4 nitrogen and oxygen atoms in total. The molecule has 0 saturated heterocycles. The smallest absolute Gasteiger partial charge is 0.255 e. The van der Waals surface area contributed by atoms with E-state index in [1.165, 1.54) is 27.8 Å². The lowest BCUT2D eigenvalue weighted by atomic mass is 10.7. The van der Waals surface area contributed by atoms with Crippen molar-refractivity contribution in [2.45, 2.75) is 12.5 Å². The van der Waals surface area contributed by atoms with Crippen molar-refractivity contribution in [1.82, 2.24) is 0 Å². The number of hydrogen-bond acceptors (Lipinski definition) is 3. The first-order chi connectivity index (χ1) is 4.37. The number of rotatable bonds is 3. The molecule has 0 radical (unpaired) electrons. The number of methoxy groups -OCH3 is 2. The summed E-state index contributed by atoms with van der Waals surface area (Å²) in [6, 6.07) is 0. The molecular formula is C5H13O4P. The predicted octanol–water partition coefficient (Wildman–Crippen LogP) is 0.853. The van der Waals surface area contributed by atoms with Crippen LogP contribution in [0.25, 0.3) is 0 Å². The molecule has 62 valence electrons. The molecular weight excluding hydrogens is 155 g/mol. The molecule has 0 aromatic rings. The second-order valence-corrected chi connectivity index (χ2v) is 4.76. The van der Waals surface area contributed by atoms with Gasteiger partial charge in [-0.1, -0.05) is 0 Å². The summed E-state index contributed by atoms with van der Waals surface area (Å²) >= 11 is 0. The average Bonchev–Trinajstić information content (AvgIpc) is 1.84. The third-order valence-corrected chi connectivity index (χ3v) is 3.38. The van der Waals surface area contributed by atoms with Crippen molar-refractivity contribution in [2.24, 2.45) is 0 Å². The highest BCUT2D eigenvalue weighted by Crippen LogP contribution is 2.51. The van der Waals surface area contributed by atoms with Crippen LogP contribution < -0.4 is 0 Å². The molecule has 0 saturated carbocycles. The first-order valence-electron chi connectivity index (χ1n) is 2.78. The lowest BCUT2D eigenvalue weighted by molar-refractivity contribution is -0.134. The van der Waals surface area contributed by atoms with Crippen LogP contribution in [0.4, 0.5) is 0 Å². The molecule has 0 aromatic heterocycles. The van der Waals surface area contributed by atoms with Gasteiger partial charge in [-0.05, 0) is 6.92 Å². The van der Waals surface area contributed by atoms with E-state index in [1.54, 1.807) is 0 Å². The van der Waals surface area contributed by atoms with Crippen LogP contribution in [0.5, 0.6) is 0 Å². The third kappa shape index (κ3) is 1.80. The fourth-order valence-corrected chi connectivity index (χ4v) is 1.10. The summed E-state index contributed by atoms with van der Waals surface area (Å²) in [5.74, 6) is 0. The molecule has 0 spiro atoms. The van der Waals surface area contributed by atoms with E-state index in [4.69, 9.17) is 14.4 Å². The lowest BCUT2D eigenvalue weighted by Crippen LogP contribution is -2.28. The maximum absolute atomic E-state index is 11.0. The van der Waals surface area contributed by atoms with Crippen molar-refractivity contribution >= 4 is 7.37 Å². The zero-order valence-electron chi connectivity index (χ0n) is 6.62. The van der Waals surface area contributed by atoms with Gasteiger partial charge in [0.05, 0.1) is 0 Å². The molecule has 0 heterocycles. The van der Waals surface area contributed by atoms with Gasteiger partial charge < -0.3 is 14.4 Å². The molecule has 0 aliphatic heterocycles. The van der Waals surface area contributed by atoms with Crippen molar-refractivity contribution in [3.05, 3.63) is 0 Å². The van der Waals surface area contributed by atoms with Gasteiger partial charge in [0.1, 0.15) is 0 Å². The summed E-state index contributed by atoms with van der Waals surface area (Å²) in [6.07, 6.45) is 0. The molecule has 0 bridgehead atoms. The van der Waals surface area contributed by atoms with Gasteiger partial charge in [0.25, 0.3) is 7.37 Å². The van der Waals surface area contributed by atoms with Gasteiger partial charge in [0, 0.05) is 20.9 Å². The van der Waals surface area contributed by atoms with E-state index in [0.29, 0.717) is 0 Å². The monoisotopic (exact) mass is 168 g/mol. The molecule has 0 aromatic carbocycles. The first-order valence-corrected chi connectivity index (χ1v) is 4.88. The van der Waals surface area contributed by atoms with Crippen LogP contribution in [-0.4, -0.2) is 31.3 Å². The topological polar surface area (TPSA) is 55.8 Å². The van der Waals surface area contributed by atoms with E-state index < -0.39 is 12.9 Å². The van der Waals surface area contributed by atoms with E-state index >= 15 is 0 Å². The van der Waals surface area contributed by atoms with E-state index in [2.05, 4.69) is 0 Å². The molecule has 0 rings (SSSR count). The van der Waals surface area contributed by atoms with Crippen molar-refractivity contribution in [1.29, 1.82) is 0 Å². The van der Waals surface area contributed by atoms with Gasteiger partial charge in [-0.3, -0.25) is 4.57 Å². The second-order valence-electron chi connectivity index (χ2n) is 2.19. The molecule has 0 aliphatic carbocycles. The summed E-state index contributed by atoms with van der Waals surface area (Å²) in [5.41, 5.74) is -1.37. The molecule has 1 atom stereocenters. The fraction of sp³-hybridized carbons (Fsp3) is 1.00. The number of ether oxygens (including phenoxy) is 2. The van der Waals surface area contributed by atoms with Crippen molar-refractivity contribution < 1.29 is 18.9 Å². The van der Waals surface area contributed by atoms with Gasteiger partial charge in [-0.2, -0.15) is 0 Å². The van der Waals surface area contributed by atoms with Crippen LogP contribution in [0, 0.1) is 0 Å². The van der Waals surface area contributed by atoms with E-state index in [0.717, 1.165) is 0 Å². The van der Waals surface area contributed by atoms with Crippen LogP contribution in [0.15, 0.2) is 0 Å². The molecule has 1 unspecified atom stereocenters. The van der Waals surface area contributed by atoms with Crippen LogP contribution in [0.1, 0.15) is 6.92 Å². The number of hydrogen-bond donors (Lipinski definition) is 1. The zero-order chi connectivity index (χ0) is 8.41. The third-order valence-electron chi connectivity index (χ3n) is 1.51. The highest BCUT2D eigenvalue weighted by molar-refractivity contribution is 7.58. The Bertz CT molecular complexity index is 146. The Hall–Kier alpha value is 0.110. The standard InChI is InChI=1S/C5H13O4P/c1-5(8-2,9-3)10(4,6)7/h1-4H3,(H,6,7). The Balaban J connectivity index is 4.50. The molecule has 0 aliphatic rings. The second kappa shape index (κ2) is 3.01. The van der Waals surface area contributed by atoms with E-state index in [-0.39, 0.29) is 0 Å². The van der Waals surface area contributed by atoms with Gasteiger partial charge in [-0.15, -0.1) is 0 Å². The highest BCUT2D eigenvalue weighted by Gasteiger charge is 2.39. The summed E-state index contributed by atoms with van der Waals surface area (Å²) < 4.78 is 20.4. The minimum Gasteiger partial charge on any atom is -0.346 e. The highest BCUT2D eigenvalue weighted by atomic mass is 31.2. The Morgan fingerprint density at radius 2 is 1.70 bits per heavy atom. The SMILES string of the molecule is COC(C)(OC)P(C)(=O)O. The van der Waals surface area contributed by atoms with Crippen molar-refractivity contribution in [2.75, 3.05) is 20.9 Å². The Morgan fingerprint density at radius 3 is 1.70 bits per heavy atom. The van der Waals surface area contributed by atoms with E-state index in [9.17, 15) is 4.57 Å². The van der Waals surface area contributed by atoms with Gasteiger partial charge >= 0.3 is 0 Å². The molecule has 5 heteroatoms. The van der Waals surface area contributed by atoms with Gasteiger partial charge in [0.2, 0.25) is 5.53 Å². The normalized spacial score (nSPS) is 18.5. The lowest BCUT2D eigenvalue weighted by Gasteiger charge is -2.28. The summed E-state index contributed by atoms with van der Waals surface area (Å²) in [7, 11) is -0.674. The molecule has 1 N–H and O–H groups in total. The minimum atomic E-state index is -3.33. The van der Waals surface area contributed by atoms with Gasteiger partial charge in [-0.25, -0.2) is 0 Å². The largest absolute Gasteiger partial charge is 0.346 e. The first kappa shape index (κ1) is 10.1. The van der Waals surface area contributed by atoms with Crippen LogP contribution >= 0.6 is 7.37 Å². The Morgan fingerprint density at radius 1 is 1.40 bits per heavy atom. The van der Waals surface area contributed by atoms with Gasteiger partial charge in [0.15, 0.2) is 0 Å². The molecule has 0 fully saturated rings. The maximum Gasteiger partial charge on any atom is 0.255 e. The van der Waals surface area contributed by atoms with Crippen molar-refractivity contribution in [3.63, 3.8) is 0 Å². The van der Waals surface area contributed by atoms with E-state index in [1.807, 2.05) is 0 Å². The Labute approximate surface area is 60.6 Å². The molecule has 0 amide bonds. The molecule has 10 heavy (non-hydrogen) atoms. The summed E-state index contributed by atoms with van der Waals surface area (Å²) in [4.78, 5) is 9.04. The predicted molar refractivity (Wildman–Crippen MR) is 38.2 cm³/mol. The quantitative estimate of drug-likeness (QED) is 0.501. The summed E-state index contributed by atoms with van der Waals surface area (Å²) in [5, 5.41) is 0. The summed E-state index contributed by atoms with van der Waals surface area (Å²) in [6.45, 7) is 2.62. The Kier molecular flexibility index (Phi) is 3.04.